The summed E-state index contributed by atoms with van der Waals surface area (Å²) in [6.07, 6.45) is 0. The Morgan fingerprint density at radius 3 is 2.58 bits per heavy atom. The third-order valence-corrected chi connectivity index (χ3v) is 2.37. The van der Waals surface area contributed by atoms with Gasteiger partial charge in [0.05, 0.1) is 11.3 Å². The summed E-state index contributed by atoms with van der Waals surface area (Å²) in [5.41, 5.74) is 14.8. The van der Waals surface area contributed by atoms with Crippen molar-refractivity contribution >= 4 is 17.3 Å². The number of carbonyl (C=O) groups is 1. The number of ether oxygens (including phenoxy) is 1. The van der Waals surface area contributed by atoms with Crippen LogP contribution in [0.15, 0.2) is 53.6 Å². The first-order valence-corrected chi connectivity index (χ1v) is 5.42. The fourth-order valence-corrected chi connectivity index (χ4v) is 1.48. The molecule has 0 spiro atoms. The lowest BCUT2D eigenvalue weighted by atomic mass is 10.2. The SMILES string of the molecule is [N-]=[N+]=Nc1ccc(C(=O)Oc2ccccc2)cc1N. The highest BCUT2D eigenvalue weighted by Crippen LogP contribution is 2.24. The lowest BCUT2D eigenvalue weighted by molar-refractivity contribution is 0.0735. The van der Waals surface area contributed by atoms with Crippen LogP contribution >= 0.6 is 0 Å². The number of benzene rings is 2. The Bertz CT molecular complexity index is 649. The Labute approximate surface area is 109 Å². The molecule has 19 heavy (non-hydrogen) atoms. The molecule has 6 heteroatoms. The van der Waals surface area contributed by atoms with E-state index >= 15 is 0 Å². The minimum absolute atomic E-state index is 0.223. The van der Waals surface area contributed by atoms with Gasteiger partial charge in [-0.25, -0.2) is 4.79 Å². The molecule has 94 valence electrons. The van der Waals surface area contributed by atoms with E-state index in [-0.39, 0.29) is 11.4 Å². The Balaban J connectivity index is 2.20. The minimum atomic E-state index is -0.523. The van der Waals surface area contributed by atoms with Gasteiger partial charge in [-0.2, -0.15) is 0 Å². The number of carbonyl (C=O) groups excluding carboxylic acids is 1. The molecule has 2 aromatic rings. The number of hydrogen-bond donors (Lipinski definition) is 1. The van der Waals surface area contributed by atoms with Crippen LogP contribution in [0.4, 0.5) is 11.4 Å². The Hall–Kier alpha value is -2.98. The molecule has 0 unspecified atom stereocenters. The molecule has 0 aliphatic heterocycles. The van der Waals surface area contributed by atoms with Crippen molar-refractivity contribution in [2.45, 2.75) is 0 Å². The van der Waals surface area contributed by atoms with E-state index in [1.165, 1.54) is 18.2 Å². The van der Waals surface area contributed by atoms with Crippen LogP contribution in [0.2, 0.25) is 0 Å². The van der Waals surface area contributed by atoms with E-state index in [0.717, 1.165) is 0 Å². The normalized spacial score (nSPS) is 9.47. The summed E-state index contributed by atoms with van der Waals surface area (Å²) in [5.74, 6) is -0.0735. The van der Waals surface area contributed by atoms with Gasteiger partial charge in [-0.15, -0.1) is 0 Å². The smallest absolute Gasteiger partial charge is 0.343 e. The lowest BCUT2D eigenvalue weighted by Gasteiger charge is -2.05. The summed E-state index contributed by atoms with van der Waals surface area (Å²) in [7, 11) is 0. The van der Waals surface area contributed by atoms with Crippen LogP contribution < -0.4 is 10.5 Å². The first kappa shape index (κ1) is 12.5. The molecule has 0 aliphatic carbocycles. The molecule has 0 saturated carbocycles. The highest BCUT2D eigenvalue weighted by molar-refractivity contribution is 5.93. The summed E-state index contributed by atoms with van der Waals surface area (Å²) in [4.78, 5) is 14.5. The fourth-order valence-electron chi connectivity index (χ4n) is 1.48. The number of esters is 1. The number of hydrogen-bond acceptors (Lipinski definition) is 4. The fraction of sp³-hybridized carbons (Fsp3) is 0. The monoisotopic (exact) mass is 254 g/mol. The average Bonchev–Trinajstić information content (AvgIpc) is 2.42. The van der Waals surface area contributed by atoms with Gasteiger partial charge in [0.2, 0.25) is 0 Å². The number of nitrogen functional groups attached to an aromatic ring is 1. The number of rotatable bonds is 3. The van der Waals surface area contributed by atoms with E-state index in [0.29, 0.717) is 11.3 Å². The van der Waals surface area contributed by atoms with Gasteiger partial charge < -0.3 is 10.5 Å². The van der Waals surface area contributed by atoms with Gasteiger partial charge in [0, 0.05) is 10.6 Å². The zero-order valence-electron chi connectivity index (χ0n) is 9.85. The molecule has 2 aromatic carbocycles. The van der Waals surface area contributed by atoms with Crippen LogP contribution in [0.5, 0.6) is 5.75 Å². The van der Waals surface area contributed by atoms with Crippen molar-refractivity contribution in [2.75, 3.05) is 5.73 Å². The summed E-state index contributed by atoms with van der Waals surface area (Å²) in [6.45, 7) is 0. The van der Waals surface area contributed by atoms with Crippen molar-refractivity contribution in [1.82, 2.24) is 0 Å². The van der Waals surface area contributed by atoms with Crippen LogP contribution in [0.1, 0.15) is 10.4 Å². The number of anilines is 1. The zero-order valence-corrected chi connectivity index (χ0v) is 9.85. The van der Waals surface area contributed by atoms with Crippen LogP contribution in [0.3, 0.4) is 0 Å². The van der Waals surface area contributed by atoms with E-state index in [4.69, 9.17) is 16.0 Å². The van der Waals surface area contributed by atoms with Crippen molar-refractivity contribution in [3.8, 4) is 5.75 Å². The highest BCUT2D eigenvalue weighted by atomic mass is 16.5. The summed E-state index contributed by atoms with van der Waals surface area (Å²) < 4.78 is 5.16. The van der Waals surface area contributed by atoms with Crippen molar-refractivity contribution in [3.63, 3.8) is 0 Å². The van der Waals surface area contributed by atoms with E-state index < -0.39 is 5.97 Å². The molecule has 0 saturated heterocycles. The van der Waals surface area contributed by atoms with Crippen molar-refractivity contribution in [1.29, 1.82) is 0 Å². The van der Waals surface area contributed by atoms with Gasteiger partial charge in [0.15, 0.2) is 0 Å². The molecule has 0 aliphatic rings. The van der Waals surface area contributed by atoms with Gasteiger partial charge in [0.1, 0.15) is 5.75 Å². The standard InChI is InChI=1S/C13H10N4O2/c14-11-8-9(6-7-12(11)16-17-15)13(18)19-10-4-2-1-3-5-10/h1-8H,14H2. The maximum atomic E-state index is 11.9. The molecule has 0 amide bonds. The van der Waals surface area contributed by atoms with Gasteiger partial charge in [-0.05, 0) is 35.9 Å². The first-order valence-electron chi connectivity index (χ1n) is 5.42. The zero-order chi connectivity index (χ0) is 13.7. The second kappa shape index (κ2) is 5.57. The van der Waals surface area contributed by atoms with Gasteiger partial charge in [0.25, 0.3) is 0 Å². The minimum Gasteiger partial charge on any atom is -0.423 e. The molecule has 6 nitrogen and oxygen atoms in total. The number of nitrogens with two attached hydrogens (primary N) is 1. The predicted molar refractivity (Wildman–Crippen MR) is 71.1 cm³/mol. The molecule has 2 N–H and O–H groups in total. The molecule has 2 rings (SSSR count). The molecule has 0 aromatic heterocycles. The Morgan fingerprint density at radius 1 is 1.21 bits per heavy atom. The first-order chi connectivity index (χ1) is 9.20. The number of para-hydroxylation sites is 1. The third-order valence-electron chi connectivity index (χ3n) is 2.37. The van der Waals surface area contributed by atoms with Crippen LogP contribution in [-0.2, 0) is 0 Å². The van der Waals surface area contributed by atoms with Crippen LogP contribution in [0, 0.1) is 0 Å². The van der Waals surface area contributed by atoms with E-state index in [9.17, 15) is 4.79 Å². The summed E-state index contributed by atoms with van der Waals surface area (Å²) in [6, 6.07) is 13.1. The molecule has 0 bridgehead atoms. The Kier molecular flexibility index (Phi) is 3.66. The van der Waals surface area contributed by atoms with Gasteiger partial charge in [-0.1, -0.05) is 23.3 Å². The maximum absolute atomic E-state index is 11.9. The van der Waals surface area contributed by atoms with Crippen LogP contribution in [-0.4, -0.2) is 5.97 Å². The maximum Gasteiger partial charge on any atom is 0.343 e. The third kappa shape index (κ3) is 3.02. The molecule has 0 radical (unpaired) electrons. The van der Waals surface area contributed by atoms with Crippen LogP contribution in [0.25, 0.3) is 10.4 Å². The van der Waals surface area contributed by atoms with E-state index in [1.807, 2.05) is 6.07 Å². The van der Waals surface area contributed by atoms with Crippen molar-refractivity contribution in [3.05, 3.63) is 64.5 Å². The van der Waals surface area contributed by atoms with Crippen molar-refractivity contribution < 1.29 is 9.53 Å². The molecule has 0 fully saturated rings. The van der Waals surface area contributed by atoms with Crippen molar-refractivity contribution in [2.24, 2.45) is 5.11 Å². The van der Waals surface area contributed by atoms with E-state index in [2.05, 4.69) is 10.0 Å². The predicted octanol–water partition coefficient (Wildman–Crippen LogP) is 3.43. The Morgan fingerprint density at radius 2 is 1.95 bits per heavy atom. The molecule has 0 heterocycles. The quantitative estimate of drug-likeness (QED) is 0.227. The molecular weight excluding hydrogens is 244 g/mol. The summed E-state index contributed by atoms with van der Waals surface area (Å²) in [5, 5.41) is 3.39. The number of azide groups is 1. The second-order valence-electron chi connectivity index (χ2n) is 3.67. The summed E-state index contributed by atoms with van der Waals surface area (Å²) >= 11 is 0. The van der Waals surface area contributed by atoms with E-state index in [1.54, 1.807) is 24.3 Å². The van der Waals surface area contributed by atoms with Gasteiger partial charge >= 0.3 is 5.97 Å². The topological polar surface area (TPSA) is 101 Å². The second-order valence-corrected chi connectivity index (χ2v) is 3.67. The largest absolute Gasteiger partial charge is 0.423 e. The highest BCUT2D eigenvalue weighted by Gasteiger charge is 2.10. The average molecular weight is 254 g/mol. The molecular formula is C13H10N4O2. The van der Waals surface area contributed by atoms with Gasteiger partial charge in [-0.3, -0.25) is 0 Å². The molecule has 0 atom stereocenters. The number of nitrogens with zero attached hydrogens (tertiary/aromatic N) is 3. The lowest BCUT2D eigenvalue weighted by Crippen LogP contribution is -2.08.